The minimum Gasteiger partial charge on any atom is -0.497 e. The van der Waals surface area contributed by atoms with Crippen molar-refractivity contribution in [2.45, 2.75) is 50.6 Å². The van der Waals surface area contributed by atoms with E-state index in [-0.39, 0.29) is 23.0 Å². The summed E-state index contributed by atoms with van der Waals surface area (Å²) in [6, 6.07) is 19.1. The molecule has 0 aliphatic carbocycles. The third-order valence-corrected chi connectivity index (χ3v) is 8.21. The molecule has 0 saturated carbocycles. The van der Waals surface area contributed by atoms with Crippen LogP contribution < -0.4 is 14.4 Å². The number of halogens is 1. The SMILES string of the molecule is CCCCNC(=O)C(CC)N(Cc1cccc(OC)c1)C(=O)CN(c1ccccc1F)S(=O)(=O)c1ccccc1. The molecule has 8 nitrogen and oxygen atoms in total. The highest BCUT2D eigenvalue weighted by atomic mass is 32.2. The minimum absolute atomic E-state index is 0.0201. The lowest BCUT2D eigenvalue weighted by Gasteiger charge is -2.33. The van der Waals surface area contributed by atoms with Crippen LogP contribution in [-0.2, 0) is 26.2 Å². The lowest BCUT2D eigenvalue weighted by Crippen LogP contribution is -2.52. The molecule has 0 radical (unpaired) electrons. The topological polar surface area (TPSA) is 96.0 Å². The molecule has 0 heterocycles. The van der Waals surface area contributed by atoms with Gasteiger partial charge in [0.05, 0.1) is 17.7 Å². The molecule has 40 heavy (non-hydrogen) atoms. The lowest BCUT2D eigenvalue weighted by molar-refractivity contribution is -0.140. The molecule has 1 atom stereocenters. The smallest absolute Gasteiger partial charge is 0.264 e. The Balaban J connectivity index is 2.04. The van der Waals surface area contributed by atoms with E-state index >= 15 is 0 Å². The number of sulfonamides is 1. The van der Waals surface area contributed by atoms with Crippen molar-refractivity contribution in [1.29, 1.82) is 0 Å². The number of rotatable bonds is 14. The fourth-order valence-electron chi connectivity index (χ4n) is 4.28. The zero-order valence-corrected chi connectivity index (χ0v) is 23.9. The summed E-state index contributed by atoms with van der Waals surface area (Å²) in [5.74, 6) is -1.21. The molecule has 2 amide bonds. The van der Waals surface area contributed by atoms with Gasteiger partial charge in [0.25, 0.3) is 10.0 Å². The molecule has 3 aromatic rings. The zero-order valence-electron chi connectivity index (χ0n) is 23.0. The second kappa shape index (κ2) is 14.5. The number of nitrogens with one attached hydrogen (secondary N) is 1. The monoisotopic (exact) mass is 569 g/mol. The van der Waals surface area contributed by atoms with Crippen LogP contribution in [0.1, 0.15) is 38.7 Å². The maximum absolute atomic E-state index is 15.0. The molecule has 0 aliphatic rings. The summed E-state index contributed by atoms with van der Waals surface area (Å²) in [4.78, 5) is 28.5. The van der Waals surface area contributed by atoms with Crippen LogP contribution in [0.2, 0.25) is 0 Å². The maximum Gasteiger partial charge on any atom is 0.264 e. The number of anilines is 1. The highest BCUT2D eigenvalue weighted by Crippen LogP contribution is 2.27. The second-order valence-corrected chi connectivity index (χ2v) is 11.1. The van der Waals surface area contributed by atoms with Gasteiger partial charge in [0, 0.05) is 13.1 Å². The minimum atomic E-state index is -4.33. The second-order valence-electron chi connectivity index (χ2n) is 9.22. The first-order chi connectivity index (χ1) is 19.2. The van der Waals surface area contributed by atoms with E-state index in [1.54, 1.807) is 49.4 Å². The van der Waals surface area contributed by atoms with Gasteiger partial charge in [-0.05, 0) is 54.8 Å². The number of carbonyl (C=O) groups excluding carboxylic acids is 2. The average molecular weight is 570 g/mol. The summed E-state index contributed by atoms with van der Waals surface area (Å²) >= 11 is 0. The van der Waals surface area contributed by atoms with Gasteiger partial charge >= 0.3 is 0 Å². The van der Waals surface area contributed by atoms with Crippen molar-refractivity contribution in [3.63, 3.8) is 0 Å². The van der Waals surface area contributed by atoms with Gasteiger partial charge in [-0.3, -0.25) is 13.9 Å². The number of nitrogens with zero attached hydrogens (tertiary/aromatic N) is 2. The fourth-order valence-corrected chi connectivity index (χ4v) is 5.72. The summed E-state index contributed by atoms with van der Waals surface area (Å²) in [6.45, 7) is 3.56. The molecular weight excluding hydrogens is 533 g/mol. The fraction of sp³-hybridized carbons (Fsp3) is 0.333. The Morgan fingerprint density at radius 2 is 1.68 bits per heavy atom. The van der Waals surface area contributed by atoms with Crippen molar-refractivity contribution in [1.82, 2.24) is 10.2 Å². The van der Waals surface area contributed by atoms with E-state index in [2.05, 4.69) is 5.32 Å². The van der Waals surface area contributed by atoms with Crippen molar-refractivity contribution in [2.75, 3.05) is 24.5 Å². The molecular formula is C30H36FN3O5S. The maximum atomic E-state index is 15.0. The van der Waals surface area contributed by atoms with E-state index in [9.17, 15) is 22.4 Å². The van der Waals surface area contributed by atoms with E-state index in [1.807, 2.05) is 6.92 Å². The number of para-hydroxylation sites is 1. The van der Waals surface area contributed by atoms with Gasteiger partial charge in [0.15, 0.2) is 0 Å². The Labute approximate surface area is 235 Å². The number of unbranched alkanes of at least 4 members (excludes halogenated alkanes) is 1. The number of hydrogen-bond donors (Lipinski definition) is 1. The first kappa shape index (κ1) is 30.6. The van der Waals surface area contributed by atoms with E-state index in [1.165, 1.54) is 42.3 Å². The molecule has 0 saturated heterocycles. The average Bonchev–Trinajstić information content (AvgIpc) is 2.96. The van der Waals surface area contributed by atoms with Gasteiger partial charge in [-0.2, -0.15) is 0 Å². The largest absolute Gasteiger partial charge is 0.497 e. The molecule has 0 spiro atoms. The van der Waals surface area contributed by atoms with Crippen LogP contribution in [0.3, 0.4) is 0 Å². The number of ether oxygens (including phenoxy) is 1. The Morgan fingerprint density at radius 3 is 2.33 bits per heavy atom. The third-order valence-electron chi connectivity index (χ3n) is 6.43. The Morgan fingerprint density at radius 1 is 0.975 bits per heavy atom. The summed E-state index contributed by atoms with van der Waals surface area (Å²) in [7, 11) is -2.81. The van der Waals surface area contributed by atoms with Crippen molar-refractivity contribution in [2.24, 2.45) is 0 Å². The van der Waals surface area contributed by atoms with Gasteiger partial charge < -0.3 is 15.0 Å². The number of carbonyl (C=O) groups is 2. The highest BCUT2D eigenvalue weighted by molar-refractivity contribution is 7.92. The van der Waals surface area contributed by atoms with Crippen molar-refractivity contribution in [3.05, 3.63) is 90.2 Å². The first-order valence-corrected chi connectivity index (χ1v) is 14.7. The Hall–Kier alpha value is -3.92. The molecule has 0 aromatic heterocycles. The van der Waals surface area contributed by atoms with E-state index in [4.69, 9.17) is 4.74 Å². The quantitative estimate of drug-likeness (QED) is 0.283. The number of amides is 2. The Kier molecular flexibility index (Phi) is 11.1. The molecule has 3 aromatic carbocycles. The van der Waals surface area contributed by atoms with Crippen LogP contribution in [0.25, 0.3) is 0 Å². The lowest BCUT2D eigenvalue weighted by atomic mass is 10.1. The number of benzene rings is 3. The predicted octanol–water partition coefficient (Wildman–Crippen LogP) is 4.75. The third kappa shape index (κ3) is 7.59. The van der Waals surface area contributed by atoms with Gasteiger partial charge in [0.2, 0.25) is 11.8 Å². The Bertz CT molecular complexity index is 1380. The van der Waals surface area contributed by atoms with Crippen molar-refractivity contribution in [3.8, 4) is 5.75 Å². The number of methoxy groups -OCH3 is 1. The van der Waals surface area contributed by atoms with Crippen LogP contribution in [0, 0.1) is 5.82 Å². The summed E-state index contributed by atoms with van der Waals surface area (Å²) in [5, 5.41) is 2.88. The van der Waals surface area contributed by atoms with Crippen LogP contribution in [0.15, 0.2) is 83.8 Å². The first-order valence-electron chi connectivity index (χ1n) is 13.2. The van der Waals surface area contributed by atoms with Gasteiger partial charge in [-0.25, -0.2) is 12.8 Å². The van der Waals surface area contributed by atoms with Crippen LogP contribution >= 0.6 is 0 Å². The number of hydrogen-bond acceptors (Lipinski definition) is 5. The van der Waals surface area contributed by atoms with Gasteiger partial charge in [0.1, 0.15) is 24.2 Å². The van der Waals surface area contributed by atoms with Crippen molar-refractivity contribution >= 4 is 27.5 Å². The van der Waals surface area contributed by atoms with Crippen molar-refractivity contribution < 1.29 is 27.1 Å². The summed E-state index contributed by atoms with van der Waals surface area (Å²) in [5.41, 5.74) is 0.428. The van der Waals surface area contributed by atoms with E-state index < -0.39 is 34.3 Å². The molecule has 1 N–H and O–H groups in total. The van der Waals surface area contributed by atoms with Gasteiger partial charge in [-0.15, -0.1) is 0 Å². The van der Waals surface area contributed by atoms with Crippen LogP contribution in [0.4, 0.5) is 10.1 Å². The van der Waals surface area contributed by atoms with Crippen LogP contribution in [-0.4, -0.2) is 51.4 Å². The molecule has 0 fully saturated rings. The molecule has 10 heteroatoms. The van der Waals surface area contributed by atoms with Gasteiger partial charge in [-0.1, -0.05) is 62.7 Å². The molecule has 3 rings (SSSR count). The normalized spacial score (nSPS) is 11.9. The zero-order chi connectivity index (χ0) is 29.1. The van der Waals surface area contributed by atoms with Crippen LogP contribution in [0.5, 0.6) is 5.75 Å². The van der Waals surface area contributed by atoms with E-state index in [0.29, 0.717) is 24.3 Å². The molecule has 214 valence electrons. The molecule has 1 unspecified atom stereocenters. The molecule has 0 aliphatic heterocycles. The summed E-state index contributed by atoms with van der Waals surface area (Å²) < 4.78 is 48.5. The summed E-state index contributed by atoms with van der Waals surface area (Å²) in [6.07, 6.45) is 1.96. The standard InChI is InChI=1S/C30H36FN3O5S/c1-4-6-19-32-30(36)27(5-2)33(21-23-13-12-14-24(20-23)39-3)29(35)22-34(28-18-11-10-17-26(28)31)40(37,38)25-15-8-7-9-16-25/h7-18,20,27H,4-6,19,21-22H2,1-3H3,(H,32,36). The van der Waals surface area contributed by atoms with E-state index in [0.717, 1.165) is 23.2 Å². The highest BCUT2D eigenvalue weighted by Gasteiger charge is 2.34. The predicted molar refractivity (Wildman–Crippen MR) is 153 cm³/mol. The molecule has 0 bridgehead atoms.